The van der Waals surface area contributed by atoms with Crippen LogP contribution in [0.2, 0.25) is 0 Å². The molecule has 1 aliphatic rings. The van der Waals surface area contributed by atoms with E-state index < -0.39 is 15.6 Å². The van der Waals surface area contributed by atoms with Gasteiger partial charge in [-0.3, -0.25) is 0 Å². The minimum absolute atomic E-state index is 0.148. The molecule has 88 valence electrons. The maximum Gasteiger partial charge on any atom is 0.215 e. The van der Waals surface area contributed by atoms with E-state index >= 15 is 0 Å². The van der Waals surface area contributed by atoms with Gasteiger partial charge in [0.25, 0.3) is 0 Å². The Bertz CT molecular complexity index is 366. The van der Waals surface area contributed by atoms with Crippen molar-refractivity contribution >= 4 is 27.2 Å². The monoisotopic (exact) mass is 250 g/mol. The van der Waals surface area contributed by atoms with Crippen molar-refractivity contribution in [2.24, 2.45) is 11.7 Å². The molecule has 0 bridgehead atoms. The van der Waals surface area contributed by atoms with Gasteiger partial charge < -0.3 is 5.73 Å². The van der Waals surface area contributed by atoms with Crippen LogP contribution in [-0.4, -0.2) is 35.5 Å². The number of nitrogens with zero attached hydrogens (tertiary/aromatic N) is 1. The van der Waals surface area contributed by atoms with Crippen molar-refractivity contribution in [2.45, 2.75) is 32.7 Å². The zero-order valence-electron chi connectivity index (χ0n) is 9.36. The highest BCUT2D eigenvalue weighted by Crippen LogP contribution is 2.30. The molecule has 1 heterocycles. The molecule has 6 heteroatoms. The average Bonchev–Trinajstić information content (AvgIpc) is 2.38. The number of sulfonamides is 1. The summed E-state index contributed by atoms with van der Waals surface area (Å²) in [5.74, 6) is 0.348. The average molecular weight is 250 g/mol. The SMILES string of the molecule is CCC(C)(C(N)=S)N1CC(C)CS1(=O)=O. The van der Waals surface area contributed by atoms with Crippen molar-refractivity contribution in [3.63, 3.8) is 0 Å². The van der Waals surface area contributed by atoms with E-state index in [9.17, 15) is 8.42 Å². The van der Waals surface area contributed by atoms with E-state index in [1.165, 1.54) is 4.31 Å². The highest BCUT2D eigenvalue weighted by Gasteiger charge is 2.45. The van der Waals surface area contributed by atoms with E-state index in [2.05, 4.69) is 0 Å². The van der Waals surface area contributed by atoms with Crippen LogP contribution in [0.25, 0.3) is 0 Å². The van der Waals surface area contributed by atoms with Crippen molar-refractivity contribution in [1.29, 1.82) is 0 Å². The molecule has 1 saturated heterocycles. The minimum atomic E-state index is -3.19. The molecular formula is C9H18N2O2S2. The van der Waals surface area contributed by atoms with E-state index in [4.69, 9.17) is 18.0 Å². The Balaban J connectivity index is 3.12. The molecule has 15 heavy (non-hydrogen) atoms. The summed E-state index contributed by atoms with van der Waals surface area (Å²) < 4.78 is 25.3. The smallest absolute Gasteiger partial charge is 0.215 e. The largest absolute Gasteiger partial charge is 0.392 e. The molecule has 0 aromatic rings. The Labute approximate surface area is 96.9 Å². The van der Waals surface area contributed by atoms with Crippen LogP contribution in [0.3, 0.4) is 0 Å². The summed E-state index contributed by atoms with van der Waals surface area (Å²) in [5, 5.41) is 0. The van der Waals surface area contributed by atoms with Gasteiger partial charge in [0.2, 0.25) is 10.0 Å². The zero-order valence-corrected chi connectivity index (χ0v) is 11.0. The van der Waals surface area contributed by atoms with E-state index in [0.29, 0.717) is 13.0 Å². The number of hydrogen-bond donors (Lipinski definition) is 1. The van der Waals surface area contributed by atoms with Crippen LogP contribution < -0.4 is 5.73 Å². The Kier molecular flexibility index (Phi) is 3.42. The molecule has 4 nitrogen and oxygen atoms in total. The van der Waals surface area contributed by atoms with E-state index in [-0.39, 0.29) is 16.7 Å². The summed E-state index contributed by atoms with van der Waals surface area (Å²) in [6, 6.07) is 0. The lowest BCUT2D eigenvalue weighted by molar-refractivity contribution is 0.277. The van der Waals surface area contributed by atoms with Gasteiger partial charge in [-0.15, -0.1) is 0 Å². The second-order valence-electron chi connectivity index (χ2n) is 4.41. The minimum Gasteiger partial charge on any atom is -0.392 e. The fourth-order valence-electron chi connectivity index (χ4n) is 1.88. The summed E-state index contributed by atoms with van der Waals surface area (Å²) in [4.78, 5) is 0.252. The fraction of sp³-hybridized carbons (Fsp3) is 0.889. The Morgan fingerprint density at radius 2 is 2.20 bits per heavy atom. The molecule has 2 unspecified atom stereocenters. The third kappa shape index (κ3) is 2.16. The molecule has 2 N–H and O–H groups in total. The molecule has 0 spiro atoms. The number of nitrogens with two attached hydrogens (primary N) is 1. The summed E-state index contributed by atoms with van der Waals surface area (Å²) in [6.07, 6.45) is 0.605. The Morgan fingerprint density at radius 1 is 1.67 bits per heavy atom. The molecule has 1 aliphatic heterocycles. The summed E-state index contributed by atoms with van der Waals surface area (Å²) in [5.41, 5.74) is 4.94. The van der Waals surface area contributed by atoms with Crippen molar-refractivity contribution in [2.75, 3.05) is 12.3 Å². The van der Waals surface area contributed by atoms with Crippen molar-refractivity contribution in [3.8, 4) is 0 Å². The molecule has 0 amide bonds. The predicted octanol–water partition coefficient (Wildman–Crippen LogP) is 0.723. The lowest BCUT2D eigenvalue weighted by atomic mass is 9.98. The summed E-state index contributed by atoms with van der Waals surface area (Å²) in [7, 11) is -3.19. The van der Waals surface area contributed by atoms with Gasteiger partial charge >= 0.3 is 0 Å². The van der Waals surface area contributed by atoms with Gasteiger partial charge in [0.15, 0.2) is 0 Å². The topological polar surface area (TPSA) is 63.4 Å². The van der Waals surface area contributed by atoms with E-state index in [0.717, 1.165) is 0 Å². The van der Waals surface area contributed by atoms with Crippen LogP contribution in [0.5, 0.6) is 0 Å². The molecule has 0 aliphatic carbocycles. The quantitative estimate of drug-likeness (QED) is 0.750. The van der Waals surface area contributed by atoms with Gasteiger partial charge in [0.1, 0.15) is 0 Å². The van der Waals surface area contributed by atoms with Gasteiger partial charge in [-0.1, -0.05) is 26.1 Å². The lowest BCUT2D eigenvalue weighted by Gasteiger charge is -2.35. The van der Waals surface area contributed by atoms with E-state index in [1.54, 1.807) is 6.92 Å². The molecule has 1 rings (SSSR count). The molecule has 0 saturated carbocycles. The van der Waals surface area contributed by atoms with Crippen molar-refractivity contribution in [3.05, 3.63) is 0 Å². The summed E-state index contributed by atoms with van der Waals surface area (Å²) in [6.45, 7) is 6.14. The molecule has 0 aromatic carbocycles. The second-order valence-corrected chi connectivity index (χ2v) is 6.78. The maximum atomic E-state index is 11.9. The summed E-state index contributed by atoms with van der Waals surface area (Å²) >= 11 is 4.98. The van der Waals surface area contributed by atoms with Gasteiger partial charge in [-0.2, -0.15) is 4.31 Å². The Morgan fingerprint density at radius 3 is 2.47 bits per heavy atom. The van der Waals surface area contributed by atoms with Crippen LogP contribution in [0, 0.1) is 5.92 Å². The first-order valence-corrected chi connectivity index (χ1v) is 7.06. The second kappa shape index (κ2) is 3.99. The lowest BCUT2D eigenvalue weighted by Crippen LogP contribution is -2.54. The number of hydrogen-bond acceptors (Lipinski definition) is 3. The molecule has 1 fully saturated rings. The highest BCUT2D eigenvalue weighted by molar-refractivity contribution is 7.89. The van der Waals surface area contributed by atoms with Crippen molar-refractivity contribution < 1.29 is 8.42 Å². The Hall–Kier alpha value is -0.200. The maximum absolute atomic E-state index is 11.9. The van der Waals surface area contributed by atoms with Crippen LogP contribution >= 0.6 is 12.2 Å². The third-order valence-corrected chi connectivity index (χ3v) is 5.73. The van der Waals surface area contributed by atoms with Crippen LogP contribution in [-0.2, 0) is 10.0 Å². The predicted molar refractivity (Wildman–Crippen MR) is 65.1 cm³/mol. The third-order valence-electron chi connectivity index (χ3n) is 3.08. The first-order valence-electron chi connectivity index (χ1n) is 5.04. The van der Waals surface area contributed by atoms with Gasteiger partial charge in [0.05, 0.1) is 16.3 Å². The van der Waals surface area contributed by atoms with Gasteiger partial charge in [-0.05, 0) is 19.3 Å². The molecule has 0 radical (unpaired) electrons. The van der Waals surface area contributed by atoms with Gasteiger partial charge in [0, 0.05) is 6.54 Å². The van der Waals surface area contributed by atoms with Crippen LogP contribution in [0.15, 0.2) is 0 Å². The first kappa shape index (κ1) is 12.9. The molecular weight excluding hydrogens is 232 g/mol. The van der Waals surface area contributed by atoms with Crippen LogP contribution in [0.1, 0.15) is 27.2 Å². The standard InChI is InChI=1S/C9H18N2O2S2/c1-4-9(3,8(10)14)11-5-7(2)6-15(11,12)13/h7H,4-6H2,1-3H3,(H2,10,14). The highest BCUT2D eigenvalue weighted by atomic mass is 32.2. The number of rotatable bonds is 3. The first-order chi connectivity index (χ1) is 6.74. The van der Waals surface area contributed by atoms with Crippen molar-refractivity contribution in [1.82, 2.24) is 4.31 Å². The zero-order chi connectivity index (χ0) is 11.9. The van der Waals surface area contributed by atoms with Gasteiger partial charge in [-0.25, -0.2) is 8.42 Å². The molecule has 0 aromatic heterocycles. The fourth-order valence-corrected chi connectivity index (χ4v) is 4.52. The normalized spacial score (nSPS) is 29.9. The number of thiocarbonyl (C=S) groups is 1. The van der Waals surface area contributed by atoms with Crippen LogP contribution in [0.4, 0.5) is 0 Å². The van der Waals surface area contributed by atoms with E-state index in [1.807, 2.05) is 13.8 Å². The molecule has 2 atom stereocenters.